The van der Waals surface area contributed by atoms with Crippen LogP contribution in [-0.4, -0.2) is 41.9 Å². The molecule has 6 heteroatoms. The van der Waals surface area contributed by atoms with Crippen molar-refractivity contribution < 1.29 is 18.4 Å². The second kappa shape index (κ2) is 10.1. The molecule has 3 saturated carbocycles. The lowest BCUT2D eigenvalue weighted by atomic mass is 9.60. The van der Waals surface area contributed by atoms with Crippen LogP contribution < -0.4 is 0 Å². The smallest absolute Gasteiger partial charge is 0.309 e. The van der Waals surface area contributed by atoms with E-state index >= 15 is 0 Å². The fourth-order valence-corrected chi connectivity index (χ4v) is 9.63. The zero-order valence-electron chi connectivity index (χ0n) is 25.8. The molecule has 0 aromatic rings. The van der Waals surface area contributed by atoms with Gasteiger partial charge in [0.2, 0.25) is 0 Å². The van der Waals surface area contributed by atoms with Gasteiger partial charge in [-0.05, 0) is 104 Å². The summed E-state index contributed by atoms with van der Waals surface area (Å²) in [5, 5.41) is 0.430. The average Bonchev–Trinajstić information content (AvgIpc) is 3.32. The Morgan fingerprint density at radius 1 is 0.944 bits per heavy atom. The highest BCUT2D eigenvalue weighted by molar-refractivity contribution is 6.74. The van der Waals surface area contributed by atoms with E-state index in [-0.39, 0.29) is 32.8 Å². The van der Waals surface area contributed by atoms with Crippen LogP contribution in [0.5, 0.6) is 0 Å². The van der Waals surface area contributed by atoms with E-state index in [9.17, 15) is 4.79 Å². The van der Waals surface area contributed by atoms with Gasteiger partial charge in [0.15, 0.2) is 16.6 Å². The molecule has 0 amide bonds. The van der Waals surface area contributed by atoms with Gasteiger partial charge in [-0.2, -0.15) is 0 Å². The van der Waals surface area contributed by atoms with Crippen molar-refractivity contribution in [2.24, 2.45) is 28.6 Å². The van der Waals surface area contributed by atoms with Crippen LogP contribution in [-0.2, 0) is 18.4 Å². The number of rotatable bonds is 9. The Morgan fingerprint density at radius 3 is 2.11 bits per heavy atom. The van der Waals surface area contributed by atoms with Gasteiger partial charge in [0.25, 0.3) is 0 Å². The lowest BCUT2D eigenvalue weighted by molar-refractivity contribution is -0.146. The Bertz CT molecular complexity index is 796. The molecule has 210 valence electrons. The van der Waals surface area contributed by atoms with Gasteiger partial charge in [-0.15, -0.1) is 0 Å². The number of ether oxygens (including phenoxy) is 1. The summed E-state index contributed by atoms with van der Waals surface area (Å²) >= 11 is 0. The van der Waals surface area contributed by atoms with Crippen LogP contribution in [0.1, 0.15) is 100 Å². The highest BCUT2D eigenvalue weighted by atomic mass is 28.4. The monoisotopic (exact) mass is 538 g/mol. The average molecular weight is 539 g/mol. The molecular formula is C30H58O4Si2. The van der Waals surface area contributed by atoms with Crippen LogP contribution >= 0.6 is 0 Å². The number of hydrogen-bond acceptors (Lipinski definition) is 4. The maximum atomic E-state index is 13.1. The molecule has 0 aliphatic heterocycles. The van der Waals surface area contributed by atoms with Gasteiger partial charge in [-0.3, -0.25) is 4.79 Å². The molecule has 3 fully saturated rings. The van der Waals surface area contributed by atoms with E-state index in [1.54, 1.807) is 0 Å². The molecule has 0 aromatic heterocycles. The van der Waals surface area contributed by atoms with E-state index in [4.69, 9.17) is 13.6 Å². The van der Waals surface area contributed by atoms with Crippen LogP contribution in [0.2, 0.25) is 36.3 Å². The predicted molar refractivity (Wildman–Crippen MR) is 155 cm³/mol. The number of esters is 1. The van der Waals surface area contributed by atoms with Crippen molar-refractivity contribution >= 4 is 22.6 Å². The van der Waals surface area contributed by atoms with Crippen molar-refractivity contribution in [2.45, 2.75) is 143 Å². The first-order valence-corrected chi connectivity index (χ1v) is 20.6. The van der Waals surface area contributed by atoms with Gasteiger partial charge in [0.1, 0.15) is 0 Å². The molecule has 0 spiro atoms. The topological polar surface area (TPSA) is 44.8 Å². The van der Waals surface area contributed by atoms with Crippen LogP contribution in [0, 0.1) is 28.6 Å². The minimum atomic E-state index is -1.83. The predicted octanol–water partition coefficient (Wildman–Crippen LogP) is 8.57. The van der Waals surface area contributed by atoms with E-state index in [1.165, 1.54) is 32.1 Å². The summed E-state index contributed by atoms with van der Waals surface area (Å²) in [6.07, 6.45) is 8.49. The maximum Gasteiger partial charge on any atom is 0.309 e. The zero-order chi connectivity index (χ0) is 27.4. The molecule has 0 N–H and O–H groups in total. The Kier molecular flexibility index (Phi) is 8.51. The van der Waals surface area contributed by atoms with Crippen LogP contribution in [0.4, 0.5) is 0 Å². The minimum absolute atomic E-state index is 0.0294. The Balaban J connectivity index is 1.83. The lowest BCUT2D eigenvalue weighted by Crippen LogP contribution is -2.50. The fourth-order valence-electron chi connectivity index (χ4n) is 7.19. The van der Waals surface area contributed by atoms with Gasteiger partial charge >= 0.3 is 5.97 Å². The van der Waals surface area contributed by atoms with Crippen molar-refractivity contribution in [3.63, 3.8) is 0 Å². The third-order valence-electron chi connectivity index (χ3n) is 11.5. The van der Waals surface area contributed by atoms with Crippen LogP contribution in [0.3, 0.4) is 0 Å². The first kappa shape index (κ1) is 30.4. The molecule has 3 aliphatic carbocycles. The van der Waals surface area contributed by atoms with Crippen molar-refractivity contribution in [1.82, 2.24) is 0 Å². The molecule has 0 saturated heterocycles. The van der Waals surface area contributed by atoms with E-state index in [1.807, 2.05) is 6.92 Å². The third kappa shape index (κ3) is 5.58. The summed E-state index contributed by atoms with van der Waals surface area (Å²) in [6.45, 7) is 29.2. The van der Waals surface area contributed by atoms with Crippen LogP contribution in [0.25, 0.3) is 0 Å². The lowest BCUT2D eigenvalue weighted by Gasteiger charge is -2.50. The van der Waals surface area contributed by atoms with E-state index < -0.39 is 16.6 Å². The van der Waals surface area contributed by atoms with E-state index in [0.717, 1.165) is 19.4 Å². The van der Waals surface area contributed by atoms with Crippen LogP contribution in [0.15, 0.2) is 0 Å². The Morgan fingerprint density at radius 2 is 1.56 bits per heavy atom. The Labute approximate surface area is 225 Å². The normalized spacial score (nSPS) is 35.4. The van der Waals surface area contributed by atoms with Gasteiger partial charge in [0.05, 0.1) is 12.5 Å². The maximum absolute atomic E-state index is 13.1. The van der Waals surface area contributed by atoms with E-state index in [0.29, 0.717) is 24.5 Å². The summed E-state index contributed by atoms with van der Waals surface area (Å²) in [6, 6.07) is 0. The molecule has 4 nitrogen and oxygen atoms in total. The van der Waals surface area contributed by atoms with Gasteiger partial charge in [0, 0.05) is 12.7 Å². The molecule has 0 heterocycles. The number of carbonyl (C=O) groups is 1. The first-order valence-electron chi connectivity index (χ1n) is 14.8. The second-order valence-electron chi connectivity index (χ2n) is 15.7. The molecule has 3 aliphatic rings. The zero-order valence-corrected chi connectivity index (χ0v) is 27.8. The number of carbonyl (C=O) groups excluding carboxylic acids is 1. The summed E-state index contributed by atoms with van der Waals surface area (Å²) in [7, 11) is -3.65. The van der Waals surface area contributed by atoms with Gasteiger partial charge < -0.3 is 13.6 Å². The standard InChI is InChI=1S/C30H58O4Si2/c1-13-32-26(31)23-21-30(23,19-20-33-35(9,10)27(2,3)4)25-17-16-22-24(15-14-18-29(22,25)8)34-36(11,12)28(5,6)7/h22-25H,13-21H2,1-12H3/t22?,23?,24-,25?,29-,30?/m0/s1. The molecule has 0 radical (unpaired) electrons. The third-order valence-corrected chi connectivity index (χ3v) is 20.6. The Hall–Kier alpha value is -0.176. The van der Waals surface area contributed by atoms with Crippen molar-refractivity contribution in [2.75, 3.05) is 13.2 Å². The SMILES string of the molecule is CCOC(=O)C1CC1(CCO[Si](C)(C)C(C)(C)C)C1CCC2[C@@H](O[Si](C)(C)C(C)(C)C)CCC[C@@]21C. The highest BCUT2D eigenvalue weighted by Gasteiger charge is 2.69. The number of fused-ring (bicyclic) bond motifs is 1. The summed E-state index contributed by atoms with van der Waals surface area (Å²) in [5.74, 6) is 1.23. The molecule has 3 rings (SSSR count). The summed E-state index contributed by atoms with van der Waals surface area (Å²) in [4.78, 5) is 13.1. The molecule has 6 atom stereocenters. The van der Waals surface area contributed by atoms with Crippen molar-refractivity contribution in [3.05, 3.63) is 0 Å². The molecule has 4 unspecified atom stereocenters. The fraction of sp³-hybridized carbons (Fsp3) is 0.967. The van der Waals surface area contributed by atoms with Gasteiger partial charge in [-0.1, -0.05) is 54.9 Å². The molecule has 0 aromatic carbocycles. The first-order chi connectivity index (χ1) is 16.3. The van der Waals surface area contributed by atoms with Crippen molar-refractivity contribution in [1.29, 1.82) is 0 Å². The molecular weight excluding hydrogens is 480 g/mol. The quantitative estimate of drug-likeness (QED) is 0.218. The summed E-state index contributed by atoms with van der Waals surface area (Å²) in [5.41, 5.74) is 0.278. The number of hydrogen-bond donors (Lipinski definition) is 0. The highest BCUT2D eigenvalue weighted by Crippen LogP contribution is 2.72. The minimum Gasteiger partial charge on any atom is -0.466 e. The summed E-state index contributed by atoms with van der Waals surface area (Å²) < 4.78 is 19.4. The molecule has 0 bridgehead atoms. The van der Waals surface area contributed by atoms with Gasteiger partial charge in [-0.25, -0.2) is 0 Å². The van der Waals surface area contributed by atoms with Crippen molar-refractivity contribution in [3.8, 4) is 0 Å². The second-order valence-corrected chi connectivity index (χ2v) is 25.2. The molecule has 36 heavy (non-hydrogen) atoms. The van der Waals surface area contributed by atoms with E-state index in [2.05, 4.69) is 74.7 Å². The largest absolute Gasteiger partial charge is 0.466 e.